The second-order valence-corrected chi connectivity index (χ2v) is 4.16. The van der Waals surface area contributed by atoms with E-state index in [0.717, 1.165) is 24.4 Å². The first kappa shape index (κ1) is 15.9. The van der Waals surface area contributed by atoms with E-state index in [2.05, 4.69) is 15.3 Å². The Morgan fingerprint density at radius 1 is 1.48 bits per heavy atom. The fraction of sp³-hybridized carbons (Fsp3) is 0.167. The zero-order valence-electron chi connectivity index (χ0n) is 11.8. The quantitative estimate of drug-likeness (QED) is 0.280. The van der Waals surface area contributed by atoms with E-state index < -0.39 is 28.0 Å². The first-order valence-corrected chi connectivity index (χ1v) is 6.30. The molecule has 0 amide bonds. The number of carbonyl (C=O) groups excluding carboxylic acids is 1. The van der Waals surface area contributed by atoms with Crippen LogP contribution in [-0.4, -0.2) is 37.7 Å². The van der Waals surface area contributed by atoms with Gasteiger partial charge in [0.15, 0.2) is 5.75 Å². The number of nitro benzene ring substituents is 1. The van der Waals surface area contributed by atoms with Crippen molar-refractivity contribution >= 4 is 23.2 Å². The van der Waals surface area contributed by atoms with Gasteiger partial charge in [0.05, 0.1) is 23.8 Å². The highest BCUT2D eigenvalue weighted by Gasteiger charge is 2.21. The van der Waals surface area contributed by atoms with Gasteiger partial charge in [0.1, 0.15) is 5.56 Å². The number of nitrogens with zero attached hydrogens (tertiary/aromatic N) is 4. The number of esters is 1. The van der Waals surface area contributed by atoms with E-state index in [0.29, 0.717) is 0 Å². The molecule has 23 heavy (non-hydrogen) atoms. The van der Waals surface area contributed by atoms with Crippen molar-refractivity contribution in [1.82, 2.24) is 10.2 Å². The lowest BCUT2D eigenvalue weighted by atomic mass is 10.2. The average Bonchev–Trinajstić information content (AvgIpc) is 2.95. The summed E-state index contributed by atoms with van der Waals surface area (Å²) in [4.78, 5) is 21.6. The van der Waals surface area contributed by atoms with E-state index in [1.165, 1.54) is 0 Å². The molecule has 0 spiro atoms. The summed E-state index contributed by atoms with van der Waals surface area (Å²) in [6, 6.07) is 2.88. The van der Waals surface area contributed by atoms with Gasteiger partial charge in [-0.3, -0.25) is 15.2 Å². The molecule has 0 fully saturated rings. The topological polar surface area (TPSA) is 157 Å². The van der Waals surface area contributed by atoms with Gasteiger partial charge in [-0.25, -0.2) is 4.79 Å². The van der Waals surface area contributed by atoms with Crippen LogP contribution in [-0.2, 0) is 4.74 Å². The smallest absolute Gasteiger partial charge is 0.343 e. The number of hydrogen-bond acceptors (Lipinski definition) is 8. The van der Waals surface area contributed by atoms with E-state index in [4.69, 9.17) is 4.74 Å². The van der Waals surface area contributed by atoms with Crippen LogP contribution in [0.4, 0.5) is 17.2 Å². The number of phenols is 1. The largest absolute Gasteiger partial charge is 0.594 e. The number of azo groups is 1. The molecule has 2 rings (SSSR count). The molecule has 0 bridgehead atoms. The Labute approximate surface area is 128 Å². The van der Waals surface area contributed by atoms with Gasteiger partial charge in [-0.15, -0.1) is 0 Å². The number of H-pyrrole nitrogens is 1. The van der Waals surface area contributed by atoms with Gasteiger partial charge in [0.2, 0.25) is 5.82 Å². The van der Waals surface area contributed by atoms with Crippen molar-refractivity contribution in [1.29, 1.82) is 0 Å². The summed E-state index contributed by atoms with van der Waals surface area (Å²) < 4.78 is 4.77. The molecular formula is C12H11N5O6. The molecular weight excluding hydrogens is 310 g/mol. The Hall–Kier alpha value is -3.50. The van der Waals surface area contributed by atoms with Crippen LogP contribution in [0.5, 0.6) is 5.75 Å². The van der Waals surface area contributed by atoms with Crippen LogP contribution in [0.25, 0.3) is 0 Å². The third-order valence-corrected chi connectivity index (χ3v) is 2.68. The van der Waals surface area contributed by atoms with E-state index in [1.54, 1.807) is 6.92 Å². The van der Waals surface area contributed by atoms with E-state index in [1.807, 2.05) is 0 Å². The van der Waals surface area contributed by atoms with Gasteiger partial charge in [-0.1, -0.05) is 0 Å². The molecule has 0 aliphatic rings. The normalized spacial score (nSPS) is 11.3. The number of aromatic amines is 1. The lowest BCUT2D eigenvalue weighted by molar-refractivity contribution is -0.438. The number of hydrogen-bond donors (Lipinski definition) is 2. The first-order valence-electron chi connectivity index (χ1n) is 6.30. The summed E-state index contributed by atoms with van der Waals surface area (Å²) in [6.07, 6.45) is 1.12. The molecule has 1 aromatic heterocycles. The fourth-order valence-corrected chi connectivity index (χ4v) is 1.64. The second kappa shape index (κ2) is 6.51. The Kier molecular flexibility index (Phi) is 4.50. The van der Waals surface area contributed by atoms with Crippen LogP contribution >= 0.6 is 0 Å². The lowest BCUT2D eigenvalue weighted by Gasteiger charge is -2.02. The number of phenolic OH excluding ortho intramolecular Hbond substituents is 1. The van der Waals surface area contributed by atoms with Crippen molar-refractivity contribution in [3.05, 3.63) is 45.3 Å². The molecule has 0 aliphatic heterocycles. The SMILES string of the molecule is CCOC(=O)c1cn[nH]c1/N=[N+](/[O-])c1cc([N+](=O)[O-])ccc1O. The number of aromatic nitrogens is 2. The molecule has 0 radical (unpaired) electrons. The Morgan fingerprint density at radius 3 is 2.87 bits per heavy atom. The number of benzene rings is 1. The molecule has 1 aromatic carbocycles. The van der Waals surface area contributed by atoms with Gasteiger partial charge < -0.3 is 15.1 Å². The third-order valence-electron chi connectivity index (χ3n) is 2.68. The highest BCUT2D eigenvalue weighted by atomic mass is 16.6. The highest BCUT2D eigenvalue weighted by molar-refractivity contribution is 5.93. The molecule has 11 heteroatoms. The molecule has 120 valence electrons. The summed E-state index contributed by atoms with van der Waals surface area (Å²) in [5.74, 6) is -1.45. The zero-order valence-corrected chi connectivity index (χ0v) is 11.8. The Bertz CT molecular complexity index is 784. The van der Waals surface area contributed by atoms with E-state index in [-0.39, 0.29) is 22.8 Å². The minimum Gasteiger partial charge on any atom is -0.594 e. The van der Waals surface area contributed by atoms with E-state index in [9.17, 15) is 25.2 Å². The van der Waals surface area contributed by atoms with Crippen molar-refractivity contribution in [2.24, 2.45) is 5.11 Å². The van der Waals surface area contributed by atoms with Crippen LogP contribution in [0.15, 0.2) is 29.5 Å². The monoisotopic (exact) mass is 321 g/mol. The number of rotatable bonds is 5. The van der Waals surface area contributed by atoms with Crippen molar-refractivity contribution in [2.75, 3.05) is 6.61 Å². The van der Waals surface area contributed by atoms with Gasteiger partial charge in [0, 0.05) is 11.2 Å². The maximum Gasteiger partial charge on any atom is 0.343 e. The van der Waals surface area contributed by atoms with Gasteiger partial charge in [-0.2, -0.15) is 5.10 Å². The maximum absolute atomic E-state index is 12.0. The van der Waals surface area contributed by atoms with Crippen LogP contribution < -0.4 is 0 Å². The molecule has 1 heterocycles. The Morgan fingerprint density at radius 2 is 2.22 bits per heavy atom. The summed E-state index contributed by atoms with van der Waals surface area (Å²) in [5, 5.41) is 41.8. The van der Waals surface area contributed by atoms with Crippen molar-refractivity contribution in [2.45, 2.75) is 6.92 Å². The predicted octanol–water partition coefficient (Wildman–Crippen LogP) is 2.13. The van der Waals surface area contributed by atoms with Gasteiger partial charge >= 0.3 is 5.97 Å². The molecule has 0 saturated heterocycles. The van der Waals surface area contributed by atoms with Crippen LogP contribution in [0.1, 0.15) is 17.3 Å². The molecule has 2 aromatic rings. The molecule has 0 saturated carbocycles. The van der Waals surface area contributed by atoms with Gasteiger partial charge in [-0.05, 0) is 17.9 Å². The van der Waals surface area contributed by atoms with Crippen molar-refractivity contribution in [3.8, 4) is 5.75 Å². The van der Waals surface area contributed by atoms with Crippen molar-refractivity contribution in [3.63, 3.8) is 0 Å². The molecule has 2 N–H and O–H groups in total. The zero-order chi connectivity index (χ0) is 17.0. The molecule has 0 unspecified atom stereocenters. The second-order valence-electron chi connectivity index (χ2n) is 4.16. The summed E-state index contributed by atoms with van der Waals surface area (Å²) in [6.45, 7) is 1.73. The van der Waals surface area contributed by atoms with Crippen LogP contribution in [0, 0.1) is 15.3 Å². The number of ether oxygens (including phenoxy) is 1. The lowest BCUT2D eigenvalue weighted by Crippen LogP contribution is -2.04. The number of aromatic hydroxyl groups is 1. The van der Waals surface area contributed by atoms with Crippen LogP contribution in [0.3, 0.4) is 0 Å². The van der Waals surface area contributed by atoms with Crippen LogP contribution in [0.2, 0.25) is 0 Å². The number of carbonyl (C=O) groups is 1. The summed E-state index contributed by atoms with van der Waals surface area (Å²) in [7, 11) is 0. The molecule has 11 nitrogen and oxygen atoms in total. The Balaban J connectivity index is 2.41. The summed E-state index contributed by atoms with van der Waals surface area (Å²) >= 11 is 0. The predicted molar refractivity (Wildman–Crippen MR) is 74.7 cm³/mol. The van der Waals surface area contributed by atoms with Gasteiger partial charge in [0.25, 0.3) is 11.4 Å². The highest BCUT2D eigenvalue weighted by Crippen LogP contribution is 2.31. The third kappa shape index (κ3) is 3.40. The van der Waals surface area contributed by atoms with E-state index >= 15 is 0 Å². The van der Waals surface area contributed by atoms with Crippen molar-refractivity contribution < 1.29 is 24.4 Å². The minimum absolute atomic E-state index is 0.0570. The number of nitrogens with one attached hydrogen (secondary N) is 1. The molecule has 0 atom stereocenters. The molecule has 0 aliphatic carbocycles. The maximum atomic E-state index is 12.0. The summed E-state index contributed by atoms with van der Waals surface area (Å²) in [5.41, 5.74) is -0.940. The standard InChI is InChI=1S/C12H11N5O6/c1-2-23-12(19)8-6-13-14-11(8)15-16(20)9-5-7(17(21)22)3-4-10(9)18/h3-6,18H,2H2,1H3,(H,13,14)/b16-15+. The number of non-ortho nitro benzene ring substituents is 1. The fourth-order valence-electron chi connectivity index (χ4n) is 1.64. The minimum atomic E-state index is -0.739. The first-order chi connectivity index (χ1) is 10.9. The average molecular weight is 321 g/mol. The number of nitro groups is 1.